The second-order valence-electron chi connectivity index (χ2n) is 8.15. The first-order valence-corrected chi connectivity index (χ1v) is 10.3. The maximum atomic E-state index is 4.72. The van der Waals surface area contributed by atoms with Gasteiger partial charge in [-0.3, -0.25) is 9.98 Å². The Morgan fingerprint density at radius 3 is 2.48 bits per heavy atom. The highest BCUT2D eigenvalue weighted by Crippen LogP contribution is 2.40. The van der Waals surface area contributed by atoms with E-state index < -0.39 is 0 Å². The number of allylic oxidation sites excluding steroid dienone is 4. The molecule has 2 heterocycles. The fourth-order valence-electron chi connectivity index (χ4n) is 4.18. The summed E-state index contributed by atoms with van der Waals surface area (Å²) in [4.78, 5) is 9.38. The molecule has 0 bridgehead atoms. The van der Waals surface area contributed by atoms with Crippen LogP contribution in [0.1, 0.15) is 43.0 Å². The summed E-state index contributed by atoms with van der Waals surface area (Å²) in [6.45, 7) is 4.51. The van der Waals surface area contributed by atoms with Gasteiger partial charge in [-0.25, -0.2) is 0 Å². The molecule has 0 N–H and O–H groups in total. The quantitative estimate of drug-likeness (QED) is 0.478. The molecule has 2 aromatic carbocycles. The normalized spacial score (nSPS) is 17.4. The summed E-state index contributed by atoms with van der Waals surface area (Å²) >= 11 is 0. The average Bonchev–Trinajstić information content (AvgIpc) is 3.41. The van der Waals surface area contributed by atoms with Crippen LogP contribution in [-0.4, -0.2) is 11.2 Å². The lowest BCUT2D eigenvalue weighted by Gasteiger charge is -2.13. The van der Waals surface area contributed by atoms with Gasteiger partial charge in [0.05, 0.1) is 11.4 Å². The highest BCUT2D eigenvalue weighted by Gasteiger charge is 2.22. The zero-order chi connectivity index (χ0) is 19.8. The van der Waals surface area contributed by atoms with Crippen molar-refractivity contribution >= 4 is 23.0 Å². The van der Waals surface area contributed by atoms with E-state index in [-0.39, 0.29) is 0 Å². The molecule has 5 rings (SSSR count). The van der Waals surface area contributed by atoms with Crippen LogP contribution in [0.4, 0.5) is 5.69 Å². The van der Waals surface area contributed by atoms with E-state index in [1.807, 2.05) is 12.3 Å². The number of aliphatic imine (C=N–C) groups is 1. The molecule has 0 saturated carbocycles. The SMILES string of the molecule is CC(C)C1C=Nc2cc(C3=CC(c4ccc(-c5ccccc5)cn4)=CC3)ccc21. The third-order valence-corrected chi connectivity index (χ3v) is 5.89. The molecule has 2 aliphatic rings. The van der Waals surface area contributed by atoms with Gasteiger partial charge in [0, 0.05) is 23.9 Å². The number of pyridine rings is 1. The highest BCUT2D eigenvalue weighted by molar-refractivity contribution is 5.90. The summed E-state index contributed by atoms with van der Waals surface area (Å²) in [7, 11) is 0. The predicted molar refractivity (Wildman–Crippen MR) is 122 cm³/mol. The van der Waals surface area contributed by atoms with E-state index in [2.05, 4.69) is 91.8 Å². The Morgan fingerprint density at radius 1 is 0.897 bits per heavy atom. The maximum Gasteiger partial charge on any atom is 0.0699 e. The number of hydrogen-bond acceptors (Lipinski definition) is 2. The van der Waals surface area contributed by atoms with Gasteiger partial charge >= 0.3 is 0 Å². The summed E-state index contributed by atoms with van der Waals surface area (Å²) < 4.78 is 0. The number of aromatic nitrogens is 1. The lowest BCUT2D eigenvalue weighted by molar-refractivity contribution is 0.617. The molecule has 1 aromatic heterocycles. The molecule has 0 spiro atoms. The van der Waals surface area contributed by atoms with Gasteiger partial charge in [-0.15, -0.1) is 0 Å². The third kappa shape index (κ3) is 3.36. The van der Waals surface area contributed by atoms with Crippen LogP contribution in [0.2, 0.25) is 0 Å². The Bertz CT molecular complexity index is 1130. The molecule has 29 heavy (non-hydrogen) atoms. The number of fused-ring (bicyclic) bond motifs is 1. The molecule has 1 aliphatic carbocycles. The first kappa shape index (κ1) is 17.8. The molecule has 2 heteroatoms. The molecule has 1 aliphatic heterocycles. The molecular formula is C27H24N2. The molecule has 0 radical (unpaired) electrons. The van der Waals surface area contributed by atoms with Gasteiger partial charge in [-0.2, -0.15) is 0 Å². The zero-order valence-electron chi connectivity index (χ0n) is 16.8. The summed E-state index contributed by atoms with van der Waals surface area (Å²) in [5.74, 6) is 1.02. The Morgan fingerprint density at radius 2 is 1.72 bits per heavy atom. The number of rotatable bonds is 4. The van der Waals surface area contributed by atoms with Gasteiger partial charge < -0.3 is 0 Å². The zero-order valence-corrected chi connectivity index (χ0v) is 16.8. The summed E-state index contributed by atoms with van der Waals surface area (Å²) in [6.07, 6.45) is 9.54. The van der Waals surface area contributed by atoms with Crippen LogP contribution in [0, 0.1) is 5.92 Å². The monoisotopic (exact) mass is 376 g/mol. The fourth-order valence-corrected chi connectivity index (χ4v) is 4.18. The second-order valence-corrected chi connectivity index (χ2v) is 8.15. The minimum Gasteiger partial charge on any atom is -0.260 e. The van der Waals surface area contributed by atoms with Gasteiger partial charge in [0.15, 0.2) is 0 Å². The Balaban J connectivity index is 1.37. The van der Waals surface area contributed by atoms with Crippen molar-refractivity contribution in [2.45, 2.75) is 26.2 Å². The molecule has 0 saturated heterocycles. The minimum absolute atomic E-state index is 0.442. The van der Waals surface area contributed by atoms with Crippen LogP contribution in [0.3, 0.4) is 0 Å². The third-order valence-electron chi connectivity index (χ3n) is 5.89. The van der Waals surface area contributed by atoms with Gasteiger partial charge in [0.2, 0.25) is 0 Å². The lowest BCUT2D eigenvalue weighted by atomic mass is 9.89. The van der Waals surface area contributed by atoms with E-state index >= 15 is 0 Å². The number of hydrogen-bond donors (Lipinski definition) is 0. The van der Waals surface area contributed by atoms with E-state index in [1.54, 1.807) is 0 Å². The largest absolute Gasteiger partial charge is 0.260 e. The van der Waals surface area contributed by atoms with Crippen molar-refractivity contribution in [2.75, 3.05) is 0 Å². The molecule has 1 unspecified atom stereocenters. The van der Waals surface area contributed by atoms with Crippen LogP contribution in [0.15, 0.2) is 84.0 Å². The van der Waals surface area contributed by atoms with Gasteiger partial charge in [0.25, 0.3) is 0 Å². The van der Waals surface area contributed by atoms with Gasteiger partial charge in [-0.1, -0.05) is 68.5 Å². The van der Waals surface area contributed by atoms with Crippen LogP contribution in [0.5, 0.6) is 0 Å². The van der Waals surface area contributed by atoms with Crippen molar-refractivity contribution in [1.82, 2.24) is 4.98 Å². The molecule has 0 amide bonds. The topological polar surface area (TPSA) is 25.2 Å². The number of benzene rings is 2. The Kier molecular flexibility index (Phi) is 4.48. The molecular weight excluding hydrogens is 352 g/mol. The molecule has 142 valence electrons. The summed E-state index contributed by atoms with van der Waals surface area (Å²) in [6, 6.07) is 21.4. The molecule has 0 fully saturated rings. The number of nitrogens with zero attached hydrogens (tertiary/aromatic N) is 2. The van der Waals surface area contributed by atoms with Gasteiger partial charge in [-0.05, 0) is 58.4 Å². The van der Waals surface area contributed by atoms with Crippen LogP contribution < -0.4 is 0 Å². The van der Waals surface area contributed by atoms with Crippen molar-refractivity contribution in [3.05, 3.63) is 95.8 Å². The van der Waals surface area contributed by atoms with Gasteiger partial charge in [0.1, 0.15) is 0 Å². The highest BCUT2D eigenvalue weighted by atomic mass is 14.8. The maximum absolute atomic E-state index is 4.72. The summed E-state index contributed by atoms with van der Waals surface area (Å²) in [5.41, 5.74) is 9.64. The van der Waals surface area contributed by atoms with Crippen molar-refractivity contribution in [2.24, 2.45) is 10.9 Å². The average molecular weight is 377 g/mol. The minimum atomic E-state index is 0.442. The first-order valence-electron chi connectivity index (χ1n) is 10.3. The van der Waals surface area contributed by atoms with E-state index in [9.17, 15) is 0 Å². The lowest BCUT2D eigenvalue weighted by Crippen LogP contribution is -2.04. The van der Waals surface area contributed by atoms with E-state index in [1.165, 1.54) is 27.8 Å². The smallest absolute Gasteiger partial charge is 0.0699 e. The molecule has 3 aromatic rings. The van der Waals surface area contributed by atoms with Crippen molar-refractivity contribution in [3.8, 4) is 11.1 Å². The second kappa shape index (κ2) is 7.29. The Labute approximate surface area is 172 Å². The predicted octanol–water partition coefficient (Wildman–Crippen LogP) is 7.07. The van der Waals surface area contributed by atoms with Crippen molar-refractivity contribution < 1.29 is 0 Å². The fraction of sp³-hybridized carbons (Fsp3) is 0.185. The van der Waals surface area contributed by atoms with E-state index in [4.69, 9.17) is 4.98 Å². The Hall–Kier alpha value is -3.26. The van der Waals surface area contributed by atoms with Crippen LogP contribution in [0.25, 0.3) is 22.3 Å². The van der Waals surface area contributed by atoms with E-state index in [0.29, 0.717) is 11.8 Å². The summed E-state index contributed by atoms with van der Waals surface area (Å²) in [5, 5.41) is 0. The van der Waals surface area contributed by atoms with Crippen LogP contribution in [-0.2, 0) is 0 Å². The van der Waals surface area contributed by atoms with Crippen molar-refractivity contribution in [1.29, 1.82) is 0 Å². The molecule has 1 atom stereocenters. The standard InChI is InChI=1S/C27H24N2/c1-18(2)25-17-29-27-15-21(10-12-24(25)27)20-8-9-22(14-20)26-13-11-23(16-28-26)19-6-4-3-5-7-19/h3-7,9-18,25H,8H2,1-2H3. The van der Waals surface area contributed by atoms with E-state index in [0.717, 1.165) is 23.4 Å². The first-order chi connectivity index (χ1) is 14.2. The van der Waals surface area contributed by atoms with Crippen LogP contribution >= 0.6 is 0 Å². The van der Waals surface area contributed by atoms with Crippen molar-refractivity contribution in [3.63, 3.8) is 0 Å². The molecule has 2 nitrogen and oxygen atoms in total.